The number of rotatable bonds is 8. The van der Waals surface area contributed by atoms with Gasteiger partial charge in [0.2, 0.25) is 0 Å². The van der Waals surface area contributed by atoms with Gasteiger partial charge in [-0.3, -0.25) is 0 Å². The van der Waals surface area contributed by atoms with E-state index in [1.54, 1.807) is 43.3 Å². The average molecular weight is 781 g/mol. The monoisotopic (exact) mass is 780 g/mol. The third kappa shape index (κ3) is 7.80. The van der Waals surface area contributed by atoms with Crippen LogP contribution in [0.3, 0.4) is 0 Å². The second-order valence-corrected chi connectivity index (χ2v) is 29.1. The van der Waals surface area contributed by atoms with E-state index in [0.717, 1.165) is 34.0 Å². The van der Waals surface area contributed by atoms with Gasteiger partial charge in [0.25, 0.3) is 0 Å². The van der Waals surface area contributed by atoms with E-state index in [2.05, 4.69) is 26.1 Å². The molecule has 0 heterocycles. The third-order valence-electron chi connectivity index (χ3n) is 15.5. The van der Waals surface area contributed by atoms with Crippen LogP contribution < -0.4 is 0 Å². The van der Waals surface area contributed by atoms with Crippen LogP contribution in [0.15, 0.2) is 10.1 Å². The van der Waals surface area contributed by atoms with Crippen molar-refractivity contribution >= 4 is 26.1 Å². The van der Waals surface area contributed by atoms with Crippen molar-refractivity contribution in [1.29, 1.82) is 0 Å². The van der Waals surface area contributed by atoms with Gasteiger partial charge in [0.15, 0.2) is 0 Å². The zero-order chi connectivity index (χ0) is 31.3. The van der Waals surface area contributed by atoms with Gasteiger partial charge in [-0.05, 0) is 0 Å². The Kier molecular flexibility index (Phi) is 15.0. The van der Waals surface area contributed by atoms with E-state index < -0.39 is 14.5 Å². The Bertz CT molecular complexity index is 842. The van der Waals surface area contributed by atoms with Gasteiger partial charge >= 0.3 is 289 Å². The van der Waals surface area contributed by atoms with Gasteiger partial charge in [-0.15, -0.1) is 0 Å². The standard InChI is InChI=1S/C42H77ClP2.Ru/c1-42(2,3)40(44(34-22-10-4-11-23-34,35-24-12-5-13-25-35)36-26-14-6-15-27-36)41(43)45(37-28-16-7-17-29-37,38-30-18-8-19-31-38)39-32-20-9-21-33-39;/h34-39,44-45H,4-33H2,1-3H3;. The van der Waals surface area contributed by atoms with Crippen LogP contribution in [0.2, 0.25) is 0 Å². The summed E-state index contributed by atoms with van der Waals surface area (Å²) in [5, 5.41) is 2.11. The van der Waals surface area contributed by atoms with E-state index in [-0.39, 0.29) is 24.9 Å². The molecule has 0 saturated heterocycles. The van der Waals surface area contributed by atoms with Crippen molar-refractivity contribution in [3.05, 3.63) is 10.1 Å². The van der Waals surface area contributed by atoms with E-state index in [1.165, 1.54) is 154 Å². The Morgan fingerprint density at radius 2 is 0.565 bits per heavy atom. The van der Waals surface area contributed by atoms with Crippen LogP contribution in [0.25, 0.3) is 0 Å². The van der Waals surface area contributed by atoms with Gasteiger partial charge in [-0.25, -0.2) is 0 Å². The molecule has 6 rings (SSSR count). The molecule has 0 aromatic carbocycles. The zero-order valence-electron chi connectivity index (χ0n) is 30.9. The molecule has 270 valence electrons. The maximum atomic E-state index is 8.97. The predicted octanol–water partition coefficient (Wildman–Crippen LogP) is 14.9. The molecule has 6 aliphatic carbocycles. The first-order chi connectivity index (χ1) is 21.9. The number of halogens is 1. The van der Waals surface area contributed by atoms with Crippen molar-refractivity contribution in [3.63, 3.8) is 0 Å². The summed E-state index contributed by atoms with van der Waals surface area (Å²) in [6.07, 6.45) is 45.7. The summed E-state index contributed by atoms with van der Waals surface area (Å²) < 4.78 is 1.76. The van der Waals surface area contributed by atoms with Gasteiger partial charge in [-0.2, -0.15) is 0 Å². The molecule has 6 saturated carbocycles. The van der Waals surface area contributed by atoms with Crippen molar-refractivity contribution < 1.29 is 19.5 Å². The molecule has 0 aromatic rings. The van der Waals surface area contributed by atoms with Crippen molar-refractivity contribution in [2.75, 3.05) is 0 Å². The molecule has 0 spiro atoms. The Morgan fingerprint density at radius 3 is 0.761 bits per heavy atom. The van der Waals surface area contributed by atoms with Crippen LogP contribution in [0.5, 0.6) is 0 Å². The minimum absolute atomic E-state index is 0. The molecule has 6 aliphatic rings. The molecule has 0 aromatic heterocycles. The summed E-state index contributed by atoms with van der Waals surface area (Å²) in [7, 11) is -3.93. The fourth-order valence-corrected chi connectivity index (χ4v) is 34.4. The smallest absolute Gasteiger partial charge is 0 e. The van der Waals surface area contributed by atoms with E-state index >= 15 is 0 Å². The quantitative estimate of drug-likeness (QED) is 0.170. The fraction of sp³-hybridized carbons (Fsp3) is 0.952. The first-order valence-corrected chi connectivity index (χ1v) is 26.2. The summed E-state index contributed by atoms with van der Waals surface area (Å²) in [5.41, 5.74) is 6.25. The summed E-state index contributed by atoms with van der Waals surface area (Å²) in [5.74, 6) is 0. The molecule has 46 heavy (non-hydrogen) atoms. The minimum atomic E-state index is -1.99. The largest absolute Gasteiger partial charge is 0 e. The van der Waals surface area contributed by atoms with Gasteiger partial charge in [0.05, 0.1) is 0 Å². The molecule has 0 radical (unpaired) electrons. The van der Waals surface area contributed by atoms with E-state index in [4.69, 9.17) is 11.6 Å². The first-order valence-electron chi connectivity index (χ1n) is 21.3. The first kappa shape index (κ1) is 38.7. The molecule has 0 atom stereocenters. The van der Waals surface area contributed by atoms with Gasteiger partial charge in [0.1, 0.15) is 0 Å². The van der Waals surface area contributed by atoms with Crippen molar-refractivity contribution in [2.45, 2.75) is 247 Å². The van der Waals surface area contributed by atoms with Crippen LogP contribution >= 0.6 is 26.1 Å². The Hall–Kier alpha value is 1.51. The van der Waals surface area contributed by atoms with Crippen molar-refractivity contribution in [1.82, 2.24) is 0 Å². The molecule has 6 fully saturated rings. The Morgan fingerprint density at radius 1 is 0.370 bits per heavy atom. The Balaban J connectivity index is 0.00000417. The second-order valence-electron chi connectivity index (χ2n) is 18.8. The van der Waals surface area contributed by atoms with Crippen molar-refractivity contribution in [3.8, 4) is 0 Å². The minimum Gasteiger partial charge on any atom is 0 e. The SMILES string of the molecule is CC(C)(C)C(=C(Cl)[PH](C1CCCCC1)(C1CCCCC1)C1CCCCC1)[PH](C1CCCCC1)(C1CCCCC1)C1CCCCC1.[Ru]. The Labute approximate surface area is 306 Å². The van der Waals surface area contributed by atoms with Crippen LogP contribution in [-0.4, -0.2) is 34.0 Å². The van der Waals surface area contributed by atoms with E-state index in [1.807, 2.05) is 0 Å². The van der Waals surface area contributed by atoms with Gasteiger partial charge in [0, 0.05) is 19.5 Å². The predicted molar refractivity (Wildman–Crippen MR) is 210 cm³/mol. The zero-order valence-corrected chi connectivity index (χ0v) is 35.4. The van der Waals surface area contributed by atoms with E-state index in [0.29, 0.717) is 0 Å². The van der Waals surface area contributed by atoms with Crippen molar-refractivity contribution in [2.24, 2.45) is 5.41 Å². The second kappa shape index (κ2) is 17.8. The van der Waals surface area contributed by atoms with Crippen LogP contribution in [0, 0.1) is 5.41 Å². The topological polar surface area (TPSA) is 0 Å². The molecule has 0 N–H and O–H groups in total. The summed E-state index contributed by atoms with van der Waals surface area (Å²) in [6.45, 7) is 8.17. The van der Waals surface area contributed by atoms with Crippen LogP contribution in [-0.2, 0) is 19.5 Å². The molecule has 0 aliphatic heterocycles. The molecular weight excluding hydrogens is 703 g/mol. The van der Waals surface area contributed by atoms with Gasteiger partial charge in [-0.1, -0.05) is 0 Å². The summed E-state index contributed by atoms with van der Waals surface area (Å²) in [6, 6.07) is 0. The average Bonchev–Trinajstić information content (AvgIpc) is 3.09. The maximum Gasteiger partial charge on any atom is 0 e. The molecule has 0 bridgehead atoms. The number of allylic oxidation sites excluding steroid dienone is 1. The molecule has 0 unspecified atom stereocenters. The van der Waals surface area contributed by atoms with Gasteiger partial charge < -0.3 is 0 Å². The molecule has 4 heteroatoms. The molecule has 0 amide bonds. The number of hydrogen-bond donors (Lipinski definition) is 0. The maximum absolute atomic E-state index is 8.97. The normalized spacial score (nSPS) is 28.3. The fourth-order valence-electron chi connectivity index (χ4n) is 14.0. The molecular formula is C42H77ClP2Ru. The van der Waals surface area contributed by atoms with E-state index in [9.17, 15) is 0 Å². The summed E-state index contributed by atoms with van der Waals surface area (Å²) in [4.78, 5) is 0. The number of hydrogen-bond acceptors (Lipinski definition) is 0. The molecule has 0 nitrogen and oxygen atoms in total. The van der Waals surface area contributed by atoms with Crippen LogP contribution in [0.1, 0.15) is 213 Å². The third-order valence-corrected chi connectivity index (χ3v) is 31.5. The summed E-state index contributed by atoms with van der Waals surface area (Å²) >= 11 is 8.97. The van der Waals surface area contributed by atoms with Crippen LogP contribution in [0.4, 0.5) is 0 Å².